The fourth-order valence-electron chi connectivity index (χ4n) is 1.96. The fourth-order valence-corrected chi connectivity index (χ4v) is 1.96. The molecule has 3 nitrogen and oxygen atoms in total. The molecule has 0 bridgehead atoms. The van der Waals surface area contributed by atoms with Gasteiger partial charge in [-0.15, -0.1) is 0 Å². The molecule has 94 valence electrons. The van der Waals surface area contributed by atoms with Crippen LogP contribution in [-0.2, 0) is 0 Å². The minimum Gasteiger partial charge on any atom is -0.357 e. The second-order valence-corrected chi connectivity index (χ2v) is 4.65. The van der Waals surface area contributed by atoms with Crippen LogP contribution in [0.3, 0.4) is 0 Å². The van der Waals surface area contributed by atoms with Crippen LogP contribution < -0.4 is 10.6 Å². The van der Waals surface area contributed by atoms with Crippen molar-refractivity contribution in [1.82, 2.24) is 10.6 Å². The number of hydrogen-bond acceptors (Lipinski definition) is 1. The number of rotatable bonds is 7. The van der Waals surface area contributed by atoms with Gasteiger partial charge >= 0.3 is 0 Å². The van der Waals surface area contributed by atoms with Gasteiger partial charge in [0.25, 0.3) is 0 Å². The quantitative estimate of drug-likeness (QED) is 0.397. The maximum Gasteiger partial charge on any atom is 0.191 e. The van der Waals surface area contributed by atoms with Gasteiger partial charge in [0.2, 0.25) is 0 Å². The van der Waals surface area contributed by atoms with Gasteiger partial charge in [-0.05, 0) is 32.1 Å². The van der Waals surface area contributed by atoms with Gasteiger partial charge in [0, 0.05) is 19.1 Å². The molecule has 0 radical (unpaired) electrons. The summed E-state index contributed by atoms with van der Waals surface area (Å²) in [5.74, 6) is 1.90. The molecular formula is C13H27N3. The van der Waals surface area contributed by atoms with Crippen molar-refractivity contribution >= 4 is 5.96 Å². The van der Waals surface area contributed by atoms with Crippen molar-refractivity contribution in [3.63, 3.8) is 0 Å². The number of aliphatic imine (C=N–C) groups is 1. The number of guanidine groups is 1. The summed E-state index contributed by atoms with van der Waals surface area (Å²) in [5, 5.41) is 6.84. The topological polar surface area (TPSA) is 36.4 Å². The van der Waals surface area contributed by atoms with Crippen molar-refractivity contribution in [2.45, 2.75) is 58.9 Å². The van der Waals surface area contributed by atoms with E-state index in [1.807, 2.05) is 0 Å². The predicted molar refractivity (Wildman–Crippen MR) is 70.8 cm³/mol. The lowest BCUT2D eigenvalue weighted by Gasteiger charge is -2.10. The monoisotopic (exact) mass is 225 g/mol. The van der Waals surface area contributed by atoms with Crippen molar-refractivity contribution in [3.8, 4) is 0 Å². The number of unbranched alkanes of at least 4 members (excludes halogenated alkanes) is 1. The molecule has 0 heterocycles. The maximum atomic E-state index is 4.57. The molecule has 1 saturated carbocycles. The summed E-state index contributed by atoms with van der Waals surface area (Å²) in [5.41, 5.74) is 0. The van der Waals surface area contributed by atoms with E-state index in [2.05, 4.69) is 36.4 Å². The van der Waals surface area contributed by atoms with Crippen LogP contribution in [0.25, 0.3) is 0 Å². The van der Waals surface area contributed by atoms with E-state index in [1.165, 1.54) is 32.1 Å². The van der Waals surface area contributed by atoms with Crippen molar-refractivity contribution in [1.29, 1.82) is 0 Å². The normalized spacial score (nSPS) is 24.3. The average Bonchev–Trinajstić information content (AvgIpc) is 2.98. The van der Waals surface area contributed by atoms with Gasteiger partial charge < -0.3 is 10.6 Å². The lowest BCUT2D eigenvalue weighted by Crippen LogP contribution is -2.39. The molecule has 1 fully saturated rings. The Kier molecular flexibility index (Phi) is 6.27. The van der Waals surface area contributed by atoms with Crippen LogP contribution in [0.4, 0.5) is 0 Å². The summed E-state index contributed by atoms with van der Waals surface area (Å²) < 4.78 is 0. The fraction of sp³-hybridized carbons (Fsp3) is 0.923. The van der Waals surface area contributed by atoms with Crippen molar-refractivity contribution in [2.24, 2.45) is 10.9 Å². The molecule has 1 rings (SSSR count). The van der Waals surface area contributed by atoms with Crippen molar-refractivity contribution in [2.75, 3.05) is 13.1 Å². The summed E-state index contributed by atoms with van der Waals surface area (Å²) in [6, 6.07) is 0.680. The Labute approximate surface area is 100 Å². The first-order chi connectivity index (χ1) is 7.81. The highest BCUT2D eigenvalue weighted by molar-refractivity contribution is 5.80. The third kappa shape index (κ3) is 4.86. The standard InChI is InChI=1S/C13H27N3/c1-4-7-9-15-13(14-6-3)16-12-10-11(12)8-5-2/h11-12H,4-10H2,1-3H3,(H2,14,15,16). The number of nitrogens with one attached hydrogen (secondary N) is 2. The average molecular weight is 225 g/mol. The van der Waals surface area contributed by atoms with Crippen LogP contribution in [0.15, 0.2) is 4.99 Å². The molecule has 0 amide bonds. The van der Waals surface area contributed by atoms with Gasteiger partial charge in [-0.2, -0.15) is 0 Å². The van der Waals surface area contributed by atoms with E-state index < -0.39 is 0 Å². The number of hydrogen-bond donors (Lipinski definition) is 2. The zero-order valence-corrected chi connectivity index (χ0v) is 11.1. The first kappa shape index (κ1) is 13.3. The lowest BCUT2D eigenvalue weighted by molar-refractivity contribution is 0.654. The third-order valence-corrected chi connectivity index (χ3v) is 3.03. The summed E-state index contributed by atoms with van der Waals surface area (Å²) >= 11 is 0. The molecule has 0 saturated heterocycles. The molecule has 0 aromatic heterocycles. The summed E-state index contributed by atoms with van der Waals surface area (Å²) in [6.07, 6.45) is 6.37. The van der Waals surface area contributed by atoms with Gasteiger partial charge in [0.1, 0.15) is 0 Å². The smallest absolute Gasteiger partial charge is 0.191 e. The molecule has 0 aromatic rings. The molecule has 1 aliphatic carbocycles. The Morgan fingerprint density at radius 1 is 1.25 bits per heavy atom. The third-order valence-electron chi connectivity index (χ3n) is 3.03. The van der Waals surface area contributed by atoms with Crippen molar-refractivity contribution < 1.29 is 0 Å². The lowest BCUT2D eigenvalue weighted by atomic mass is 10.2. The molecular weight excluding hydrogens is 198 g/mol. The van der Waals surface area contributed by atoms with E-state index in [-0.39, 0.29) is 0 Å². The Balaban J connectivity index is 2.25. The zero-order chi connectivity index (χ0) is 11.8. The van der Waals surface area contributed by atoms with Crippen LogP contribution in [0.2, 0.25) is 0 Å². The van der Waals surface area contributed by atoms with E-state index in [0.29, 0.717) is 6.04 Å². The Bertz CT molecular complexity index is 213. The Hall–Kier alpha value is -0.730. The molecule has 0 aliphatic heterocycles. The summed E-state index contributed by atoms with van der Waals surface area (Å²) in [7, 11) is 0. The molecule has 2 atom stereocenters. The highest BCUT2D eigenvalue weighted by Gasteiger charge is 2.36. The molecule has 16 heavy (non-hydrogen) atoms. The predicted octanol–water partition coefficient (Wildman–Crippen LogP) is 2.53. The van der Waals surface area contributed by atoms with Gasteiger partial charge in [-0.3, -0.25) is 4.99 Å². The molecule has 2 unspecified atom stereocenters. The summed E-state index contributed by atoms with van der Waals surface area (Å²) in [6.45, 7) is 8.47. The van der Waals surface area contributed by atoms with E-state index >= 15 is 0 Å². The highest BCUT2D eigenvalue weighted by atomic mass is 15.2. The van der Waals surface area contributed by atoms with E-state index in [4.69, 9.17) is 0 Å². The van der Waals surface area contributed by atoms with E-state index in [9.17, 15) is 0 Å². The largest absolute Gasteiger partial charge is 0.357 e. The Morgan fingerprint density at radius 2 is 2.06 bits per heavy atom. The second-order valence-electron chi connectivity index (χ2n) is 4.65. The van der Waals surface area contributed by atoms with Gasteiger partial charge in [-0.1, -0.05) is 26.7 Å². The van der Waals surface area contributed by atoms with Crippen LogP contribution in [0.1, 0.15) is 52.9 Å². The first-order valence-electron chi connectivity index (χ1n) is 6.86. The molecule has 2 N–H and O–H groups in total. The minimum absolute atomic E-state index is 0.680. The SMILES string of the molecule is CCCCN=C(NCC)NC1CC1CCC. The van der Waals surface area contributed by atoms with Crippen LogP contribution in [-0.4, -0.2) is 25.1 Å². The molecule has 1 aliphatic rings. The van der Waals surface area contributed by atoms with Gasteiger partial charge in [0.15, 0.2) is 5.96 Å². The molecule has 0 aromatic carbocycles. The Morgan fingerprint density at radius 3 is 2.69 bits per heavy atom. The summed E-state index contributed by atoms with van der Waals surface area (Å²) in [4.78, 5) is 4.57. The van der Waals surface area contributed by atoms with Gasteiger partial charge in [0.05, 0.1) is 0 Å². The van der Waals surface area contributed by atoms with Crippen LogP contribution >= 0.6 is 0 Å². The van der Waals surface area contributed by atoms with E-state index in [0.717, 1.165) is 25.0 Å². The van der Waals surface area contributed by atoms with E-state index in [1.54, 1.807) is 0 Å². The van der Waals surface area contributed by atoms with Gasteiger partial charge in [-0.25, -0.2) is 0 Å². The molecule has 3 heteroatoms. The first-order valence-corrected chi connectivity index (χ1v) is 6.86. The second kappa shape index (κ2) is 7.53. The van der Waals surface area contributed by atoms with Crippen molar-refractivity contribution in [3.05, 3.63) is 0 Å². The maximum absolute atomic E-state index is 4.57. The highest BCUT2D eigenvalue weighted by Crippen LogP contribution is 2.34. The zero-order valence-electron chi connectivity index (χ0n) is 11.1. The van der Waals surface area contributed by atoms with Crippen LogP contribution in [0, 0.1) is 5.92 Å². The van der Waals surface area contributed by atoms with Crippen LogP contribution in [0.5, 0.6) is 0 Å². The minimum atomic E-state index is 0.680. The number of nitrogens with zero attached hydrogens (tertiary/aromatic N) is 1. The molecule has 0 spiro atoms.